The van der Waals surface area contributed by atoms with Gasteiger partial charge in [-0.1, -0.05) is 6.07 Å². The SMILES string of the molecule is N#CC1=C(N)N(c2cccc([N+](=O)[O-])c2)C2=C(C(=O)CCC2)C12C(=O)Nc1ccc(F)cc12. The smallest absolute Gasteiger partial charge is 0.271 e. The first-order valence-electron chi connectivity index (χ1n) is 10.1. The fourth-order valence-corrected chi connectivity index (χ4v) is 5.00. The number of carbonyl (C=O) groups is 2. The van der Waals surface area contributed by atoms with E-state index in [4.69, 9.17) is 5.73 Å². The summed E-state index contributed by atoms with van der Waals surface area (Å²) in [5, 5.41) is 24.1. The molecule has 33 heavy (non-hydrogen) atoms. The number of benzene rings is 2. The number of carbonyl (C=O) groups excluding carboxylic acids is 2. The van der Waals surface area contributed by atoms with Crippen LogP contribution in [0.3, 0.4) is 0 Å². The highest BCUT2D eigenvalue weighted by Crippen LogP contribution is 2.55. The molecule has 3 N–H and O–H groups in total. The van der Waals surface area contributed by atoms with Gasteiger partial charge in [-0.3, -0.25) is 24.6 Å². The molecular formula is C23H16FN5O4. The third kappa shape index (κ3) is 2.62. The molecule has 1 amide bonds. The van der Waals surface area contributed by atoms with Crippen LogP contribution in [0.2, 0.25) is 0 Å². The number of allylic oxidation sites excluding steroid dienone is 1. The molecule has 2 aromatic rings. The number of fused-ring (bicyclic) bond motifs is 3. The normalized spacial score (nSPS) is 21.6. The summed E-state index contributed by atoms with van der Waals surface area (Å²) in [6.45, 7) is 0. The van der Waals surface area contributed by atoms with Gasteiger partial charge in [-0.15, -0.1) is 0 Å². The number of halogens is 1. The molecule has 9 nitrogen and oxygen atoms in total. The molecule has 1 spiro atoms. The van der Waals surface area contributed by atoms with Crippen molar-refractivity contribution in [3.63, 3.8) is 0 Å². The molecule has 1 atom stereocenters. The van der Waals surface area contributed by atoms with Crippen LogP contribution in [0.4, 0.5) is 21.5 Å². The summed E-state index contributed by atoms with van der Waals surface area (Å²) in [5.41, 5.74) is 5.27. The van der Waals surface area contributed by atoms with E-state index in [0.717, 1.165) is 6.07 Å². The Bertz CT molecular complexity index is 1390. The van der Waals surface area contributed by atoms with Crippen LogP contribution in [0.5, 0.6) is 0 Å². The quantitative estimate of drug-likeness (QED) is 0.534. The summed E-state index contributed by atoms with van der Waals surface area (Å²) < 4.78 is 14.3. The summed E-state index contributed by atoms with van der Waals surface area (Å²) >= 11 is 0. The number of Topliss-reactive ketones (excluding diaryl/α,β-unsaturated/α-hetero) is 1. The van der Waals surface area contributed by atoms with Crippen molar-refractivity contribution in [2.24, 2.45) is 5.73 Å². The van der Waals surface area contributed by atoms with E-state index in [9.17, 15) is 29.4 Å². The molecule has 2 aromatic carbocycles. The Kier molecular flexibility index (Phi) is 4.32. The molecule has 1 unspecified atom stereocenters. The van der Waals surface area contributed by atoms with Gasteiger partial charge < -0.3 is 11.1 Å². The topological polar surface area (TPSA) is 142 Å². The fraction of sp³-hybridized carbons (Fsp3) is 0.174. The standard InChI is InChI=1S/C23H16FN5O4/c24-12-7-8-17-15(9-12)23(22(31)27-17)16(11-25)21(26)28(18-5-2-6-19(30)20(18)23)13-3-1-4-14(10-13)29(32)33/h1,3-4,7-10H,2,5-6,26H2,(H,27,31). The van der Waals surface area contributed by atoms with E-state index in [1.807, 2.05) is 6.07 Å². The molecular weight excluding hydrogens is 429 g/mol. The molecule has 164 valence electrons. The van der Waals surface area contributed by atoms with Crippen LogP contribution in [0, 0.1) is 27.3 Å². The molecule has 5 rings (SSSR count). The molecule has 0 aromatic heterocycles. The first kappa shape index (κ1) is 20.4. The highest BCUT2D eigenvalue weighted by Gasteiger charge is 2.60. The molecule has 0 saturated carbocycles. The van der Waals surface area contributed by atoms with E-state index in [1.165, 1.54) is 35.2 Å². The molecule has 2 aliphatic heterocycles. The minimum Gasteiger partial charge on any atom is -0.384 e. The van der Waals surface area contributed by atoms with Gasteiger partial charge in [0.1, 0.15) is 23.1 Å². The molecule has 0 radical (unpaired) electrons. The van der Waals surface area contributed by atoms with Gasteiger partial charge in [-0.05, 0) is 37.1 Å². The van der Waals surface area contributed by atoms with Crippen molar-refractivity contribution in [3.05, 3.63) is 86.6 Å². The lowest BCUT2D eigenvalue weighted by Crippen LogP contribution is -2.50. The number of non-ortho nitro benzene ring substituents is 1. The van der Waals surface area contributed by atoms with Crippen molar-refractivity contribution in [2.45, 2.75) is 24.7 Å². The Morgan fingerprint density at radius 2 is 2.00 bits per heavy atom. The van der Waals surface area contributed by atoms with E-state index >= 15 is 0 Å². The number of rotatable bonds is 2. The number of nitro benzene ring substituents is 1. The summed E-state index contributed by atoms with van der Waals surface area (Å²) in [6, 6.07) is 11.3. The van der Waals surface area contributed by atoms with Gasteiger partial charge in [0.25, 0.3) is 5.69 Å². The number of hydrogen-bond donors (Lipinski definition) is 2. The van der Waals surface area contributed by atoms with E-state index in [-0.39, 0.29) is 51.8 Å². The zero-order chi connectivity index (χ0) is 23.5. The molecule has 0 saturated heterocycles. The predicted octanol–water partition coefficient (Wildman–Crippen LogP) is 3.14. The fourth-order valence-electron chi connectivity index (χ4n) is 5.00. The minimum absolute atomic E-state index is 0.0489. The van der Waals surface area contributed by atoms with Crippen molar-refractivity contribution in [1.29, 1.82) is 5.26 Å². The van der Waals surface area contributed by atoms with Crippen LogP contribution in [0.1, 0.15) is 24.8 Å². The second-order valence-electron chi connectivity index (χ2n) is 7.98. The number of hydrogen-bond acceptors (Lipinski definition) is 7. The maximum Gasteiger partial charge on any atom is 0.271 e. The molecule has 2 heterocycles. The zero-order valence-corrected chi connectivity index (χ0v) is 17.1. The number of ketones is 1. The van der Waals surface area contributed by atoms with E-state index in [1.54, 1.807) is 6.07 Å². The number of nitrogens with zero attached hydrogens (tertiary/aromatic N) is 3. The first-order valence-corrected chi connectivity index (χ1v) is 10.1. The average Bonchev–Trinajstić information content (AvgIpc) is 3.06. The van der Waals surface area contributed by atoms with Crippen LogP contribution in [0.15, 0.2) is 65.1 Å². The average molecular weight is 445 g/mol. The molecule has 0 fully saturated rings. The molecule has 1 aliphatic carbocycles. The van der Waals surface area contributed by atoms with Gasteiger partial charge in [0.2, 0.25) is 5.91 Å². The van der Waals surface area contributed by atoms with Crippen LogP contribution in [-0.4, -0.2) is 16.6 Å². The van der Waals surface area contributed by atoms with Gasteiger partial charge in [-0.25, -0.2) is 4.39 Å². The molecule has 3 aliphatic rings. The van der Waals surface area contributed by atoms with Crippen molar-refractivity contribution in [1.82, 2.24) is 0 Å². The Balaban J connectivity index is 1.87. The Morgan fingerprint density at radius 1 is 1.21 bits per heavy atom. The predicted molar refractivity (Wildman–Crippen MR) is 115 cm³/mol. The molecule has 10 heteroatoms. The second-order valence-corrected chi connectivity index (χ2v) is 7.98. The highest BCUT2D eigenvalue weighted by molar-refractivity contribution is 6.19. The number of nitriles is 1. The van der Waals surface area contributed by atoms with Crippen LogP contribution in [0.25, 0.3) is 0 Å². The summed E-state index contributed by atoms with van der Waals surface area (Å²) in [4.78, 5) is 38.9. The third-order valence-corrected chi connectivity index (χ3v) is 6.29. The highest BCUT2D eigenvalue weighted by atomic mass is 19.1. The lowest BCUT2D eigenvalue weighted by Gasteiger charge is -2.43. The summed E-state index contributed by atoms with van der Waals surface area (Å²) in [6.07, 6.45) is 0.939. The Morgan fingerprint density at radius 3 is 2.73 bits per heavy atom. The van der Waals surface area contributed by atoms with Gasteiger partial charge in [-0.2, -0.15) is 5.26 Å². The van der Waals surface area contributed by atoms with E-state index in [2.05, 4.69) is 5.32 Å². The lowest BCUT2D eigenvalue weighted by atomic mass is 9.64. The van der Waals surface area contributed by atoms with Crippen LogP contribution < -0.4 is 16.0 Å². The van der Waals surface area contributed by atoms with Gasteiger partial charge >= 0.3 is 0 Å². The maximum atomic E-state index is 14.3. The lowest BCUT2D eigenvalue weighted by molar-refractivity contribution is -0.384. The van der Waals surface area contributed by atoms with E-state index in [0.29, 0.717) is 18.5 Å². The van der Waals surface area contributed by atoms with Gasteiger partial charge in [0, 0.05) is 41.1 Å². The summed E-state index contributed by atoms with van der Waals surface area (Å²) in [7, 11) is 0. The van der Waals surface area contributed by atoms with Gasteiger partial charge in [0.15, 0.2) is 5.78 Å². The second kappa shape index (κ2) is 7.00. The monoisotopic (exact) mass is 445 g/mol. The third-order valence-electron chi connectivity index (χ3n) is 6.29. The number of nitro groups is 1. The minimum atomic E-state index is -1.89. The number of nitrogens with one attached hydrogen (secondary N) is 1. The first-order chi connectivity index (χ1) is 15.8. The van der Waals surface area contributed by atoms with Crippen molar-refractivity contribution in [2.75, 3.05) is 10.2 Å². The van der Waals surface area contributed by atoms with Crippen LogP contribution >= 0.6 is 0 Å². The van der Waals surface area contributed by atoms with Crippen molar-refractivity contribution >= 4 is 28.8 Å². The van der Waals surface area contributed by atoms with E-state index < -0.39 is 22.1 Å². The Labute approximate surface area is 186 Å². The van der Waals surface area contributed by atoms with Crippen molar-refractivity contribution < 1.29 is 18.9 Å². The number of nitrogens with two attached hydrogens (primary N) is 1. The largest absolute Gasteiger partial charge is 0.384 e. The van der Waals surface area contributed by atoms with Crippen LogP contribution in [-0.2, 0) is 15.0 Å². The number of anilines is 2. The zero-order valence-electron chi connectivity index (χ0n) is 17.1. The molecule has 0 bridgehead atoms. The number of amides is 1. The summed E-state index contributed by atoms with van der Waals surface area (Å²) in [5.74, 6) is -1.80. The van der Waals surface area contributed by atoms with Crippen molar-refractivity contribution in [3.8, 4) is 6.07 Å². The Hall–Kier alpha value is -4.52. The van der Waals surface area contributed by atoms with Gasteiger partial charge in [0.05, 0.1) is 16.2 Å². The maximum absolute atomic E-state index is 14.3.